The molecule has 2 aliphatic heterocycles. The average Bonchev–Trinajstić information content (AvgIpc) is 2.90. The fourth-order valence-corrected chi connectivity index (χ4v) is 5.77. The Bertz CT molecular complexity index is 1190. The van der Waals surface area contributed by atoms with E-state index in [2.05, 4.69) is 25.1 Å². The molecule has 1 saturated heterocycles. The molecule has 36 heavy (non-hydrogen) atoms. The second kappa shape index (κ2) is 10.7. The van der Waals surface area contributed by atoms with Gasteiger partial charge in [-0.1, -0.05) is 42.5 Å². The van der Waals surface area contributed by atoms with E-state index in [1.807, 2.05) is 30.3 Å². The van der Waals surface area contributed by atoms with E-state index in [4.69, 9.17) is 28.4 Å². The Hall–Kier alpha value is -2.80. The van der Waals surface area contributed by atoms with Crippen LogP contribution in [0.25, 0.3) is 10.8 Å². The summed E-state index contributed by atoms with van der Waals surface area (Å²) in [6.07, 6.45) is 4.22. The Morgan fingerprint density at radius 3 is 2.44 bits per heavy atom. The molecule has 0 amide bonds. The minimum absolute atomic E-state index is 0.0692. The molecule has 2 heterocycles. The maximum absolute atomic E-state index is 6.85. The van der Waals surface area contributed by atoms with Gasteiger partial charge < -0.3 is 28.4 Å². The predicted molar refractivity (Wildman–Crippen MR) is 139 cm³/mol. The highest BCUT2D eigenvalue weighted by Gasteiger charge is 2.49. The van der Waals surface area contributed by atoms with Crippen LogP contribution >= 0.6 is 0 Å². The average molecular weight is 493 g/mol. The van der Waals surface area contributed by atoms with E-state index in [9.17, 15) is 0 Å². The molecule has 192 valence electrons. The van der Waals surface area contributed by atoms with E-state index in [0.717, 1.165) is 64.8 Å². The molecule has 0 N–H and O–H groups in total. The largest absolute Gasteiger partial charge is 0.496 e. The normalized spacial score (nSPS) is 23.4. The van der Waals surface area contributed by atoms with Gasteiger partial charge in [0.1, 0.15) is 17.2 Å². The lowest BCUT2D eigenvalue weighted by molar-refractivity contribution is -0.312. The van der Waals surface area contributed by atoms with Gasteiger partial charge in [0.05, 0.1) is 51.1 Å². The van der Waals surface area contributed by atoms with Crippen LogP contribution in [0, 0.1) is 0 Å². The molecule has 0 bridgehead atoms. The standard InChI is InChI=1S/C30H36O6/c1-20-10-9-16-30(35-20)27-24(18-22(36-30)15-17-34-19-21-11-6-5-7-12-21)28(32-3)23-13-8-14-25(31-2)26(23)29(27)33-4/h5-8,11-14,20,22H,9-10,15-19H2,1-4H3/t20-,22-,30+/m1/s1. The molecule has 0 unspecified atom stereocenters. The molecule has 6 heteroatoms. The van der Waals surface area contributed by atoms with Crippen molar-refractivity contribution in [2.45, 2.75) is 63.6 Å². The number of fused-ring (bicyclic) bond motifs is 3. The number of hydrogen-bond donors (Lipinski definition) is 0. The van der Waals surface area contributed by atoms with Crippen LogP contribution in [0.2, 0.25) is 0 Å². The van der Waals surface area contributed by atoms with Gasteiger partial charge in [-0.2, -0.15) is 0 Å². The molecule has 0 radical (unpaired) electrons. The molecule has 0 aliphatic carbocycles. The topological polar surface area (TPSA) is 55.4 Å². The van der Waals surface area contributed by atoms with E-state index in [0.29, 0.717) is 19.6 Å². The van der Waals surface area contributed by atoms with Crippen LogP contribution in [-0.2, 0) is 33.0 Å². The SMILES string of the molecule is COc1c2c(c(OC)c3c(OC)cccc13)[C@]1(CCC[C@@H](C)O1)O[C@H](CCOCc1ccccc1)C2. The third kappa shape index (κ3) is 4.54. The van der Waals surface area contributed by atoms with Crippen LogP contribution in [0.1, 0.15) is 49.3 Å². The van der Waals surface area contributed by atoms with Gasteiger partial charge >= 0.3 is 0 Å². The van der Waals surface area contributed by atoms with Gasteiger partial charge in [-0.3, -0.25) is 0 Å². The van der Waals surface area contributed by atoms with Crippen molar-refractivity contribution in [3.63, 3.8) is 0 Å². The molecule has 6 nitrogen and oxygen atoms in total. The summed E-state index contributed by atoms with van der Waals surface area (Å²) in [5.41, 5.74) is 3.19. The van der Waals surface area contributed by atoms with E-state index in [-0.39, 0.29) is 12.2 Å². The molecular weight excluding hydrogens is 456 g/mol. The first-order valence-electron chi connectivity index (χ1n) is 12.8. The van der Waals surface area contributed by atoms with Gasteiger partial charge in [0, 0.05) is 30.4 Å². The highest BCUT2D eigenvalue weighted by atomic mass is 16.7. The number of methoxy groups -OCH3 is 3. The van der Waals surface area contributed by atoms with Crippen molar-refractivity contribution in [2.75, 3.05) is 27.9 Å². The first-order chi connectivity index (χ1) is 17.6. The first-order valence-corrected chi connectivity index (χ1v) is 12.8. The maximum atomic E-state index is 6.85. The number of benzene rings is 3. The highest BCUT2D eigenvalue weighted by molar-refractivity contribution is 6.00. The lowest BCUT2D eigenvalue weighted by atomic mass is 9.82. The molecule has 3 aromatic rings. The Balaban J connectivity index is 1.54. The van der Waals surface area contributed by atoms with E-state index >= 15 is 0 Å². The van der Waals surface area contributed by atoms with Crippen molar-refractivity contribution in [3.8, 4) is 17.2 Å². The minimum Gasteiger partial charge on any atom is -0.496 e. The van der Waals surface area contributed by atoms with E-state index in [1.54, 1.807) is 21.3 Å². The summed E-state index contributed by atoms with van der Waals surface area (Å²) in [5, 5.41) is 1.85. The van der Waals surface area contributed by atoms with Gasteiger partial charge in [-0.25, -0.2) is 0 Å². The van der Waals surface area contributed by atoms with Crippen LogP contribution in [0.5, 0.6) is 17.2 Å². The third-order valence-electron chi connectivity index (χ3n) is 7.30. The highest BCUT2D eigenvalue weighted by Crippen LogP contribution is 2.55. The molecule has 1 fully saturated rings. The van der Waals surface area contributed by atoms with Gasteiger partial charge in [0.15, 0.2) is 5.79 Å². The summed E-state index contributed by atoms with van der Waals surface area (Å²) >= 11 is 0. The van der Waals surface area contributed by atoms with Gasteiger partial charge in [0.25, 0.3) is 0 Å². The van der Waals surface area contributed by atoms with Crippen molar-refractivity contribution in [3.05, 3.63) is 65.2 Å². The second-order valence-electron chi connectivity index (χ2n) is 9.65. The Morgan fingerprint density at radius 1 is 0.917 bits per heavy atom. The zero-order valence-electron chi connectivity index (χ0n) is 21.7. The van der Waals surface area contributed by atoms with Crippen LogP contribution in [0.15, 0.2) is 48.5 Å². The predicted octanol–water partition coefficient (Wildman–Crippen LogP) is 6.16. The first kappa shape index (κ1) is 24.9. The summed E-state index contributed by atoms with van der Waals surface area (Å²) in [6, 6.07) is 16.2. The summed E-state index contributed by atoms with van der Waals surface area (Å²) in [7, 11) is 5.11. The summed E-state index contributed by atoms with van der Waals surface area (Å²) in [6.45, 7) is 3.30. The molecule has 0 saturated carbocycles. The molecule has 3 atom stereocenters. The zero-order chi connectivity index (χ0) is 25.1. The zero-order valence-corrected chi connectivity index (χ0v) is 21.7. The minimum atomic E-state index is -0.900. The molecule has 3 aromatic carbocycles. The Kier molecular flexibility index (Phi) is 7.37. The fourth-order valence-electron chi connectivity index (χ4n) is 5.77. The smallest absolute Gasteiger partial charge is 0.199 e. The number of hydrogen-bond acceptors (Lipinski definition) is 6. The molecular formula is C30H36O6. The quantitative estimate of drug-likeness (QED) is 0.351. The van der Waals surface area contributed by atoms with Crippen molar-refractivity contribution < 1.29 is 28.4 Å². The Labute approximate surface area is 213 Å². The number of rotatable bonds is 8. The van der Waals surface area contributed by atoms with Crippen molar-refractivity contribution in [1.82, 2.24) is 0 Å². The van der Waals surface area contributed by atoms with Crippen LogP contribution in [-0.4, -0.2) is 40.1 Å². The fraction of sp³-hybridized carbons (Fsp3) is 0.467. The van der Waals surface area contributed by atoms with Crippen LogP contribution in [0.4, 0.5) is 0 Å². The second-order valence-corrected chi connectivity index (χ2v) is 9.65. The molecule has 1 spiro atoms. The van der Waals surface area contributed by atoms with Crippen molar-refractivity contribution in [1.29, 1.82) is 0 Å². The number of ether oxygens (including phenoxy) is 6. The monoisotopic (exact) mass is 492 g/mol. The maximum Gasteiger partial charge on any atom is 0.199 e. The van der Waals surface area contributed by atoms with Crippen molar-refractivity contribution in [2.24, 2.45) is 0 Å². The van der Waals surface area contributed by atoms with E-state index < -0.39 is 5.79 Å². The summed E-state index contributed by atoms with van der Waals surface area (Å²) in [4.78, 5) is 0. The lowest BCUT2D eigenvalue weighted by Gasteiger charge is -2.47. The van der Waals surface area contributed by atoms with Gasteiger partial charge in [-0.15, -0.1) is 0 Å². The molecule has 2 aliphatic rings. The van der Waals surface area contributed by atoms with Gasteiger partial charge in [0.2, 0.25) is 0 Å². The lowest BCUT2D eigenvalue weighted by Crippen LogP contribution is -2.47. The molecule has 0 aromatic heterocycles. The summed E-state index contributed by atoms with van der Waals surface area (Å²) < 4.78 is 37.4. The van der Waals surface area contributed by atoms with Gasteiger partial charge in [-0.05, 0) is 37.8 Å². The van der Waals surface area contributed by atoms with Crippen LogP contribution in [0.3, 0.4) is 0 Å². The molecule has 5 rings (SSSR count). The third-order valence-corrected chi connectivity index (χ3v) is 7.30. The van der Waals surface area contributed by atoms with Crippen molar-refractivity contribution >= 4 is 10.8 Å². The Morgan fingerprint density at radius 2 is 1.72 bits per heavy atom. The summed E-state index contributed by atoms with van der Waals surface area (Å²) in [5.74, 6) is 1.41. The van der Waals surface area contributed by atoms with Crippen LogP contribution < -0.4 is 14.2 Å². The van der Waals surface area contributed by atoms with E-state index in [1.165, 1.54) is 5.56 Å².